The van der Waals surface area contributed by atoms with E-state index in [4.69, 9.17) is 0 Å². The van der Waals surface area contributed by atoms with Gasteiger partial charge in [0.05, 0.1) is 4.90 Å². The lowest BCUT2D eigenvalue weighted by atomic mass is 9.29. The summed E-state index contributed by atoms with van der Waals surface area (Å²) in [5.41, 5.74) is 1.26. The van der Waals surface area contributed by atoms with Crippen LogP contribution in [0.1, 0.15) is 24.8 Å². The molecule has 0 aliphatic heterocycles. The molecule has 0 spiro atoms. The average molecular weight is 290 g/mol. The minimum absolute atomic E-state index is 0.226. The van der Waals surface area contributed by atoms with Gasteiger partial charge in [0.1, 0.15) is 0 Å². The fourth-order valence-electron chi connectivity index (χ4n) is 4.43. The predicted octanol–water partition coefficient (Wildman–Crippen LogP) is 2.31. The van der Waals surface area contributed by atoms with Gasteiger partial charge in [0.15, 0.2) is 0 Å². The lowest BCUT2D eigenvalue weighted by Gasteiger charge is -2.74. The van der Waals surface area contributed by atoms with Crippen molar-refractivity contribution in [2.75, 3.05) is 0 Å². The molecule has 3 aliphatic rings. The van der Waals surface area contributed by atoms with Crippen molar-refractivity contribution in [2.24, 2.45) is 28.3 Å². The van der Waals surface area contributed by atoms with Crippen LogP contribution in [0, 0.1) is 30.1 Å². The van der Waals surface area contributed by atoms with Gasteiger partial charge in [-0.25, -0.2) is 4.83 Å². The monoisotopic (exact) mass is 290 g/mol. The number of hydrogen-bond donors (Lipinski definition) is 1. The van der Waals surface area contributed by atoms with E-state index in [2.05, 4.69) is 9.93 Å². The Bertz CT molecular complexity index is 666. The topological polar surface area (TPSA) is 58.5 Å². The van der Waals surface area contributed by atoms with Crippen molar-refractivity contribution >= 4 is 16.2 Å². The summed E-state index contributed by atoms with van der Waals surface area (Å²) in [4.78, 5) is 2.61. The SMILES string of the molecule is Cc1ccc(S(=O)(=O)N/N=C\C23C[C@H]4C[C@@H](C2)C43)cc1. The molecular weight excluding hydrogens is 272 g/mol. The van der Waals surface area contributed by atoms with Crippen LogP contribution in [0.3, 0.4) is 0 Å². The number of hydrazone groups is 1. The summed E-state index contributed by atoms with van der Waals surface area (Å²) < 4.78 is 24.2. The van der Waals surface area contributed by atoms with Crippen molar-refractivity contribution in [3.05, 3.63) is 29.8 Å². The van der Waals surface area contributed by atoms with Crippen molar-refractivity contribution in [1.82, 2.24) is 4.83 Å². The van der Waals surface area contributed by atoms with Gasteiger partial charge < -0.3 is 0 Å². The smallest absolute Gasteiger partial charge is 0.200 e. The summed E-state index contributed by atoms with van der Waals surface area (Å²) in [5.74, 6) is 2.60. The van der Waals surface area contributed by atoms with Gasteiger partial charge in [-0.1, -0.05) is 17.7 Å². The van der Waals surface area contributed by atoms with Crippen LogP contribution in [0.2, 0.25) is 0 Å². The summed E-state index contributed by atoms with van der Waals surface area (Å²) in [5, 5.41) is 4.03. The first kappa shape index (κ1) is 12.4. The van der Waals surface area contributed by atoms with Crippen molar-refractivity contribution in [3.63, 3.8) is 0 Å². The molecule has 4 atom stereocenters. The minimum Gasteiger partial charge on any atom is -0.200 e. The van der Waals surface area contributed by atoms with Gasteiger partial charge in [-0.2, -0.15) is 13.5 Å². The Labute approximate surface area is 119 Å². The van der Waals surface area contributed by atoms with Crippen LogP contribution in [-0.4, -0.2) is 14.6 Å². The zero-order chi connectivity index (χ0) is 14.0. The maximum Gasteiger partial charge on any atom is 0.276 e. The van der Waals surface area contributed by atoms with E-state index in [1.807, 2.05) is 13.1 Å². The molecule has 4 nitrogen and oxygen atoms in total. The molecule has 0 radical (unpaired) electrons. The predicted molar refractivity (Wildman–Crippen MR) is 76.7 cm³/mol. The molecule has 0 saturated heterocycles. The highest BCUT2D eigenvalue weighted by molar-refractivity contribution is 7.89. The summed E-state index contributed by atoms with van der Waals surface area (Å²) in [7, 11) is -3.53. The molecular formula is C15H18N2O2S. The summed E-state index contributed by atoms with van der Waals surface area (Å²) in [6.07, 6.45) is 5.64. The molecule has 20 heavy (non-hydrogen) atoms. The van der Waals surface area contributed by atoms with Crippen LogP contribution in [0.5, 0.6) is 0 Å². The third kappa shape index (κ3) is 1.59. The van der Waals surface area contributed by atoms with E-state index in [0.717, 1.165) is 23.3 Å². The first-order chi connectivity index (χ1) is 9.50. The Balaban J connectivity index is 1.45. The van der Waals surface area contributed by atoms with E-state index in [1.165, 1.54) is 19.3 Å². The average Bonchev–Trinajstić information content (AvgIpc) is 2.38. The van der Waals surface area contributed by atoms with Crippen LogP contribution >= 0.6 is 0 Å². The van der Waals surface area contributed by atoms with E-state index in [0.29, 0.717) is 0 Å². The number of aryl methyl sites for hydroxylation is 1. The maximum atomic E-state index is 12.1. The largest absolute Gasteiger partial charge is 0.276 e. The molecule has 3 fully saturated rings. The third-order valence-electron chi connectivity index (χ3n) is 5.40. The molecule has 1 N–H and O–H groups in total. The van der Waals surface area contributed by atoms with Gasteiger partial charge in [0, 0.05) is 11.6 Å². The van der Waals surface area contributed by atoms with Gasteiger partial charge >= 0.3 is 0 Å². The van der Waals surface area contributed by atoms with Crippen LogP contribution < -0.4 is 4.83 Å². The fraction of sp³-hybridized carbons (Fsp3) is 0.533. The van der Waals surface area contributed by atoms with Crippen LogP contribution in [0.4, 0.5) is 0 Å². The van der Waals surface area contributed by atoms with E-state index in [-0.39, 0.29) is 10.3 Å². The molecule has 2 unspecified atom stereocenters. The highest BCUT2D eigenvalue weighted by Gasteiger charge is 2.70. The lowest BCUT2D eigenvalue weighted by Crippen LogP contribution is -2.69. The van der Waals surface area contributed by atoms with Gasteiger partial charge in [-0.15, -0.1) is 0 Å². The number of hydrogen-bond acceptors (Lipinski definition) is 3. The normalized spacial score (nSPS) is 37.5. The Hall–Kier alpha value is -1.36. The van der Waals surface area contributed by atoms with Gasteiger partial charge in [0.25, 0.3) is 10.0 Å². The molecule has 3 aliphatic carbocycles. The minimum atomic E-state index is -3.53. The van der Waals surface area contributed by atoms with E-state index < -0.39 is 10.0 Å². The van der Waals surface area contributed by atoms with E-state index in [9.17, 15) is 8.42 Å². The standard InChI is InChI=1S/C15H18N2O2S/c1-10-2-4-13(5-3-10)20(18,19)17-16-9-15-7-11-6-12(8-15)14(11)15/h2-5,9,11-12,14,17H,6-8H2,1H3/b16-9-/t11-,12+,14?,15?. The second kappa shape index (κ2) is 3.85. The number of nitrogens with zero attached hydrogens (tertiary/aromatic N) is 1. The van der Waals surface area contributed by atoms with Crippen molar-refractivity contribution in [2.45, 2.75) is 31.1 Å². The highest BCUT2D eigenvalue weighted by atomic mass is 32.2. The molecule has 0 aromatic heterocycles. The molecule has 0 amide bonds. The third-order valence-corrected chi connectivity index (χ3v) is 6.63. The first-order valence-corrected chi connectivity index (χ1v) is 8.61. The Morgan fingerprint density at radius 3 is 2.45 bits per heavy atom. The highest BCUT2D eigenvalue weighted by Crippen LogP contribution is 2.76. The van der Waals surface area contributed by atoms with Crippen molar-refractivity contribution in [3.8, 4) is 0 Å². The first-order valence-electron chi connectivity index (χ1n) is 7.13. The van der Waals surface area contributed by atoms with E-state index in [1.54, 1.807) is 24.3 Å². The Morgan fingerprint density at radius 1 is 1.25 bits per heavy atom. The molecule has 0 bridgehead atoms. The Morgan fingerprint density at radius 2 is 1.90 bits per heavy atom. The van der Waals surface area contributed by atoms with Crippen molar-refractivity contribution < 1.29 is 8.42 Å². The molecule has 3 saturated carbocycles. The van der Waals surface area contributed by atoms with Crippen molar-refractivity contribution in [1.29, 1.82) is 0 Å². The van der Waals surface area contributed by atoms with Crippen LogP contribution in [0.15, 0.2) is 34.3 Å². The molecule has 4 rings (SSSR count). The molecule has 1 aromatic carbocycles. The summed E-state index contributed by atoms with van der Waals surface area (Å²) >= 11 is 0. The zero-order valence-corrected chi connectivity index (χ0v) is 12.2. The number of sulfonamides is 1. The quantitative estimate of drug-likeness (QED) is 0.683. The maximum absolute atomic E-state index is 12.1. The van der Waals surface area contributed by atoms with Crippen LogP contribution in [0.25, 0.3) is 0 Å². The fourth-order valence-corrected chi connectivity index (χ4v) is 5.22. The summed E-state index contributed by atoms with van der Waals surface area (Å²) in [6, 6.07) is 6.79. The second-order valence-electron chi connectivity index (χ2n) is 6.59. The number of rotatable bonds is 4. The lowest BCUT2D eigenvalue weighted by molar-refractivity contribution is -0.227. The molecule has 0 heterocycles. The number of benzene rings is 1. The Kier molecular flexibility index (Phi) is 2.38. The molecule has 106 valence electrons. The van der Waals surface area contributed by atoms with Gasteiger partial charge in [0.2, 0.25) is 0 Å². The molecule has 1 aromatic rings. The van der Waals surface area contributed by atoms with Gasteiger partial charge in [-0.05, 0) is 56.1 Å². The zero-order valence-electron chi connectivity index (χ0n) is 11.4. The molecule has 5 heteroatoms. The number of nitrogens with one attached hydrogen (secondary N) is 1. The van der Waals surface area contributed by atoms with E-state index >= 15 is 0 Å². The second-order valence-corrected chi connectivity index (χ2v) is 8.25. The van der Waals surface area contributed by atoms with Crippen LogP contribution in [-0.2, 0) is 10.0 Å². The summed E-state index contributed by atoms with van der Waals surface area (Å²) in [6.45, 7) is 1.93. The van der Waals surface area contributed by atoms with Gasteiger partial charge in [-0.3, -0.25) is 0 Å².